The number of benzene rings is 2. The van der Waals surface area contributed by atoms with E-state index in [1.807, 2.05) is 0 Å². The summed E-state index contributed by atoms with van der Waals surface area (Å²) in [5, 5.41) is 19.9. The van der Waals surface area contributed by atoms with Crippen LogP contribution in [-0.2, 0) is 10.0 Å². The van der Waals surface area contributed by atoms with Crippen LogP contribution in [0.25, 0.3) is 0 Å². The molecule has 29 heavy (non-hydrogen) atoms. The molecule has 10 nitrogen and oxygen atoms in total. The molecule has 1 aliphatic rings. The van der Waals surface area contributed by atoms with Crippen molar-refractivity contribution in [3.05, 3.63) is 61.7 Å². The van der Waals surface area contributed by atoms with E-state index in [2.05, 4.69) is 22.6 Å². The van der Waals surface area contributed by atoms with Crippen molar-refractivity contribution >= 4 is 49.9 Å². The van der Waals surface area contributed by atoms with Gasteiger partial charge in [-0.2, -0.15) is 4.31 Å². The molecule has 1 amide bonds. The van der Waals surface area contributed by atoms with Gasteiger partial charge in [-0.25, -0.2) is 13.9 Å². The number of rotatable bonds is 5. The van der Waals surface area contributed by atoms with Crippen LogP contribution >= 0.6 is 22.6 Å². The SMILES string of the molecule is O=C(NO)c1cc([N+](=O)[O-])ccc1N1CCN(S(=O)(=O)c2ccc(I)cc2)CC1. The normalized spacial score (nSPS) is 15.2. The molecule has 0 atom stereocenters. The first kappa shape index (κ1) is 21.4. The molecule has 1 aliphatic heterocycles. The highest BCUT2D eigenvalue weighted by molar-refractivity contribution is 14.1. The average molecular weight is 532 g/mol. The second-order valence-electron chi connectivity index (χ2n) is 6.24. The number of non-ortho nitro benzene ring substituents is 1. The molecule has 1 saturated heterocycles. The number of sulfonamides is 1. The average Bonchev–Trinajstić information content (AvgIpc) is 2.73. The van der Waals surface area contributed by atoms with E-state index in [1.165, 1.54) is 21.9 Å². The Morgan fingerprint density at radius 3 is 2.28 bits per heavy atom. The predicted molar refractivity (Wildman–Crippen MR) is 112 cm³/mol. The van der Waals surface area contributed by atoms with Crippen LogP contribution in [0.2, 0.25) is 0 Å². The van der Waals surface area contributed by atoms with Gasteiger partial charge in [0, 0.05) is 41.9 Å². The van der Waals surface area contributed by atoms with Crippen LogP contribution in [0.5, 0.6) is 0 Å². The highest BCUT2D eigenvalue weighted by Crippen LogP contribution is 2.28. The van der Waals surface area contributed by atoms with Crippen molar-refractivity contribution in [3.8, 4) is 0 Å². The van der Waals surface area contributed by atoms with Crippen LogP contribution in [0.4, 0.5) is 11.4 Å². The fourth-order valence-electron chi connectivity index (χ4n) is 3.08. The molecule has 154 valence electrons. The van der Waals surface area contributed by atoms with Crippen LogP contribution in [0.15, 0.2) is 47.4 Å². The van der Waals surface area contributed by atoms with Crippen LogP contribution in [0.3, 0.4) is 0 Å². The van der Waals surface area contributed by atoms with Crippen LogP contribution in [0, 0.1) is 13.7 Å². The van der Waals surface area contributed by atoms with Gasteiger partial charge >= 0.3 is 0 Å². The molecule has 0 aromatic heterocycles. The Morgan fingerprint density at radius 2 is 1.72 bits per heavy atom. The van der Waals surface area contributed by atoms with E-state index in [-0.39, 0.29) is 42.3 Å². The van der Waals surface area contributed by atoms with E-state index < -0.39 is 20.9 Å². The van der Waals surface area contributed by atoms with Crippen LogP contribution in [-0.4, -0.2) is 54.9 Å². The van der Waals surface area contributed by atoms with Gasteiger partial charge in [0.05, 0.1) is 21.1 Å². The Labute approximate surface area is 180 Å². The molecule has 0 saturated carbocycles. The Balaban J connectivity index is 1.81. The molecule has 2 N–H and O–H groups in total. The minimum atomic E-state index is -3.64. The minimum Gasteiger partial charge on any atom is -0.368 e. The van der Waals surface area contributed by atoms with E-state index in [4.69, 9.17) is 5.21 Å². The molecule has 0 aliphatic carbocycles. The van der Waals surface area contributed by atoms with E-state index in [1.54, 1.807) is 29.2 Å². The third-order valence-corrected chi connectivity index (χ3v) is 7.20. The van der Waals surface area contributed by atoms with Gasteiger partial charge in [0.1, 0.15) is 0 Å². The highest BCUT2D eigenvalue weighted by atomic mass is 127. The number of halogens is 1. The van der Waals surface area contributed by atoms with Gasteiger partial charge < -0.3 is 4.90 Å². The number of anilines is 1. The maximum atomic E-state index is 12.8. The fraction of sp³-hybridized carbons (Fsp3) is 0.235. The number of carbonyl (C=O) groups is 1. The third-order valence-electron chi connectivity index (χ3n) is 4.57. The first-order valence-corrected chi connectivity index (χ1v) is 11.0. The highest BCUT2D eigenvalue weighted by Gasteiger charge is 2.30. The van der Waals surface area contributed by atoms with Crippen molar-refractivity contribution in [1.29, 1.82) is 0 Å². The molecule has 0 unspecified atom stereocenters. The number of hydroxylamine groups is 1. The topological polar surface area (TPSA) is 133 Å². The Hall–Kier alpha value is -2.29. The van der Waals surface area contributed by atoms with Crippen molar-refractivity contribution in [2.45, 2.75) is 4.90 Å². The summed E-state index contributed by atoms with van der Waals surface area (Å²) in [6.45, 7) is 0.942. The van der Waals surface area contributed by atoms with Crippen molar-refractivity contribution in [2.24, 2.45) is 0 Å². The van der Waals surface area contributed by atoms with Gasteiger partial charge in [-0.3, -0.25) is 20.1 Å². The van der Waals surface area contributed by atoms with Gasteiger partial charge in [-0.15, -0.1) is 0 Å². The summed E-state index contributed by atoms with van der Waals surface area (Å²) in [5.41, 5.74) is 1.53. The number of nitro benzene ring substituents is 1. The summed E-state index contributed by atoms with van der Waals surface area (Å²) in [5.74, 6) is -0.877. The summed E-state index contributed by atoms with van der Waals surface area (Å²) in [4.78, 5) is 24.3. The second kappa shape index (κ2) is 8.61. The molecule has 2 aromatic carbocycles. The van der Waals surface area contributed by atoms with Gasteiger partial charge in [0.2, 0.25) is 10.0 Å². The number of amides is 1. The zero-order chi connectivity index (χ0) is 21.2. The van der Waals surface area contributed by atoms with Crippen molar-refractivity contribution in [2.75, 3.05) is 31.1 Å². The van der Waals surface area contributed by atoms with Gasteiger partial charge in [-0.1, -0.05) is 0 Å². The zero-order valence-electron chi connectivity index (χ0n) is 15.0. The smallest absolute Gasteiger partial charge is 0.276 e. The quantitative estimate of drug-likeness (QED) is 0.260. The molecule has 3 rings (SSSR count). The molecule has 0 spiro atoms. The summed E-state index contributed by atoms with van der Waals surface area (Å²) >= 11 is 2.10. The lowest BCUT2D eigenvalue weighted by Crippen LogP contribution is -2.49. The Morgan fingerprint density at radius 1 is 1.10 bits per heavy atom. The number of nitrogens with one attached hydrogen (secondary N) is 1. The van der Waals surface area contributed by atoms with E-state index >= 15 is 0 Å². The number of nitrogens with zero attached hydrogens (tertiary/aromatic N) is 3. The maximum absolute atomic E-state index is 12.8. The molecule has 2 aromatic rings. The minimum absolute atomic E-state index is 0.0596. The van der Waals surface area contributed by atoms with E-state index in [9.17, 15) is 23.3 Å². The van der Waals surface area contributed by atoms with Crippen molar-refractivity contribution in [3.63, 3.8) is 0 Å². The van der Waals surface area contributed by atoms with Gasteiger partial charge in [0.15, 0.2) is 0 Å². The fourth-order valence-corrected chi connectivity index (χ4v) is 4.86. The maximum Gasteiger partial charge on any atom is 0.276 e. The van der Waals surface area contributed by atoms with E-state index in [0.29, 0.717) is 5.69 Å². The Bertz CT molecular complexity index is 1040. The molecule has 0 radical (unpaired) electrons. The largest absolute Gasteiger partial charge is 0.368 e. The predicted octanol–water partition coefficient (Wildman–Crippen LogP) is 1.83. The van der Waals surface area contributed by atoms with Gasteiger partial charge in [0.25, 0.3) is 11.6 Å². The van der Waals surface area contributed by atoms with E-state index in [0.717, 1.165) is 9.64 Å². The third kappa shape index (κ3) is 4.49. The Kier molecular flexibility index (Phi) is 6.36. The summed E-state index contributed by atoms with van der Waals surface area (Å²) in [6, 6.07) is 10.3. The standard InChI is InChI=1S/C17H17IN4O6S/c18-12-1-4-14(5-2-12)29(27,28)21-9-7-20(8-10-21)16-6-3-13(22(25)26)11-15(16)17(23)19-24/h1-6,11,24H,7-10H2,(H,19,23). The zero-order valence-corrected chi connectivity index (χ0v) is 18.0. The first-order valence-electron chi connectivity index (χ1n) is 8.47. The molecule has 12 heteroatoms. The summed E-state index contributed by atoms with van der Waals surface area (Å²) < 4.78 is 27.9. The molecule has 0 bridgehead atoms. The summed E-state index contributed by atoms with van der Waals surface area (Å²) in [7, 11) is -3.64. The van der Waals surface area contributed by atoms with Crippen molar-refractivity contribution < 1.29 is 23.3 Å². The molecular formula is C17H17IN4O6S. The lowest BCUT2D eigenvalue weighted by atomic mass is 10.1. The monoisotopic (exact) mass is 532 g/mol. The molecular weight excluding hydrogens is 515 g/mol. The lowest BCUT2D eigenvalue weighted by molar-refractivity contribution is -0.384. The van der Waals surface area contributed by atoms with Crippen molar-refractivity contribution in [1.82, 2.24) is 9.79 Å². The van der Waals surface area contributed by atoms with Crippen LogP contribution < -0.4 is 10.4 Å². The van der Waals surface area contributed by atoms with Crippen LogP contribution in [0.1, 0.15) is 10.4 Å². The number of hydrogen-bond donors (Lipinski definition) is 2. The summed E-state index contributed by atoms with van der Waals surface area (Å²) in [6.07, 6.45) is 0. The molecule has 1 fully saturated rings. The first-order chi connectivity index (χ1) is 13.7. The number of piperazine rings is 1. The van der Waals surface area contributed by atoms with Gasteiger partial charge in [-0.05, 0) is 52.9 Å². The number of nitro groups is 1. The molecule has 1 heterocycles. The number of carbonyl (C=O) groups excluding carboxylic acids is 1. The second-order valence-corrected chi connectivity index (χ2v) is 9.43. The number of hydrogen-bond acceptors (Lipinski definition) is 7. The lowest BCUT2D eigenvalue weighted by Gasteiger charge is -2.36.